The van der Waals surface area contributed by atoms with Gasteiger partial charge in [0.2, 0.25) is 5.91 Å². The van der Waals surface area contributed by atoms with Gasteiger partial charge in [0.25, 0.3) is 0 Å². The molecule has 2 aliphatic rings. The van der Waals surface area contributed by atoms with Gasteiger partial charge in [-0.1, -0.05) is 0 Å². The van der Waals surface area contributed by atoms with Gasteiger partial charge in [-0.05, 0) is 32.6 Å². The second kappa shape index (κ2) is 3.54. The largest absolute Gasteiger partial charge is 0.392 e. The monoisotopic (exact) mass is 197 g/mol. The number of nitrogens with zero attached hydrogens (tertiary/aromatic N) is 1. The quantitative estimate of drug-likeness (QED) is 0.733. The average Bonchev–Trinajstić information content (AvgIpc) is 2.88. The van der Waals surface area contributed by atoms with E-state index in [2.05, 4.69) is 0 Å². The lowest BCUT2D eigenvalue weighted by atomic mass is 9.98. The van der Waals surface area contributed by atoms with Crippen LogP contribution in [-0.4, -0.2) is 34.6 Å². The highest BCUT2D eigenvalue weighted by atomic mass is 16.3. The van der Waals surface area contributed by atoms with E-state index in [0.29, 0.717) is 12.3 Å². The Hall–Kier alpha value is -0.570. The van der Waals surface area contributed by atoms with Gasteiger partial charge in [0.05, 0.1) is 6.10 Å². The molecule has 1 amide bonds. The molecule has 2 unspecified atom stereocenters. The summed E-state index contributed by atoms with van der Waals surface area (Å²) in [4.78, 5) is 13.5. The van der Waals surface area contributed by atoms with Gasteiger partial charge in [0, 0.05) is 24.9 Å². The summed E-state index contributed by atoms with van der Waals surface area (Å²) in [6.45, 7) is 4.82. The van der Waals surface area contributed by atoms with E-state index in [1.165, 1.54) is 0 Å². The Morgan fingerprint density at radius 3 is 2.43 bits per heavy atom. The number of hydrogen-bond acceptors (Lipinski definition) is 2. The zero-order chi connectivity index (χ0) is 10.3. The van der Waals surface area contributed by atoms with E-state index in [9.17, 15) is 9.90 Å². The molecule has 80 valence electrons. The predicted octanol–water partition coefficient (Wildman–Crippen LogP) is 1.01. The maximum absolute atomic E-state index is 11.6. The van der Waals surface area contributed by atoms with Gasteiger partial charge in [0.1, 0.15) is 0 Å². The Labute approximate surface area is 85.1 Å². The standard InChI is InChI=1S/C11H19NO2/c1-7(2)12-6-9(5-10(12)13)11(14)8-3-4-8/h7-9,11,14H,3-6H2,1-2H3. The summed E-state index contributed by atoms with van der Waals surface area (Å²) in [5.74, 6) is 0.891. The molecule has 3 heteroatoms. The van der Waals surface area contributed by atoms with Crippen LogP contribution < -0.4 is 0 Å². The minimum atomic E-state index is -0.234. The van der Waals surface area contributed by atoms with Crippen molar-refractivity contribution in [2.45, 2.75) is 45.3 Å². The van der Waals surface area contributed by atoms with Gasteiger partial charge in [-0.25, -0.2) is 0 Å². The molecular formula is C11H19NO2. The first-order valence-electron chi connectivity index (χ1n) is 5.57. The zero-order valence-electron chi connectivity index (χ0n) is 8.94. The number of likely N-dealkylation sites (tertiary alicyclic amines) is 1. The van der Waals surface area contributed by atoms with E-state index >= 15 is 0 Å². The summed E-state index contributed by atoms with van der Waals surface area (Å²) in [6, 6.07) is 0.277. The van der Waals surface area contributed by atoms with Crippen molar-refractivity contribution in [3.8, 4) is 0 Å². The van der Waals surface area contributed by atoms with Crippen LogP contribution in [0, 0.1) is 11.8 Å². The molecule has 14 heavy (non-hydrogen) atoms. The molecule has 0 bridgehead atoms. The molecule has 2 rings (SSSR count). The number of aliphatic hydroxyl groups excluding tert-OH is 1. The van der Waals surface area contributed by atoms with Crippen molar-refractivity contribution in [2.24, 2.45) is 11.8 Å². The van der Waals surface area contributed by atoms with Gasteiger partial charge in [-0.2, -0.15) is 0 Å². The third kappa shape index (κ3) is 1.78. The second-order valence-corrected chi connectivity index (χ2v) is 4.93. The third-order valence-electron chi connectivity index (χ3n) is 3.40. The molecule has 1 aliphatic carbocycles. The van der Waals surface area contributed by atoms with Crippen LogP contribution in [0.1, 0.15) is 33.1 Å². The molecule has 0 radical (unpaired) electrons. The molecule has 0 aromatic heterocycles. The lowest BCUT2D eigenvalue weighted by Gasteiger charge is -2.22. The third-order valence-corrected chi connectivity index (χ3v) is 3.40. The zero-order valence-corrected chi connectivity index (χ0v) is 8.94. The van der Waals surface area contributed by atoms with E-state index < -0.39 is 0 Å². The first-order chi connectivity index (χ1) is 6.59. The van der Waals surface area contributed by atoms with E-state index in [-0.39, 0.29) is 24.0 Å². The van der Waals surface area contributed by atoms with Crippen LogP contribution in [0.4, 0.5) is 0 Å². The molecule has 1 heterocycles. The Bertz CT molecular complexity index is 235. The van der Waals surface area contributed by atoms with Gasteiger partial charge in [-0.3, -0.25) is 4.79 Å². The van der Waals surface area contributed by atoms with Crippen LogP contribution in [0.3, 0.4) is 0 Å². The van der Waals surface area contributed by atoms with Gasteiger partial charge < -0.3 is 10.0 Å². The van der Waals surface area contributed by atoms with Crippen molar-refractivity contribution in [3.05, 3.63) is 0 Å². The fraction of sp³-hybridized carbons (Fsp3) is 0.909. The van der Waals surface area contributed by atoms with E-state index in [1.54, 1.807) is 0 Å². The predicted molar refractivity (Wildman–Crippen MR) is 53.7 cm³/mol. The Morgan fingerprint density at radius 2 is 2.00 bits per heavy atom. The van der Waals surface area contributed by atoms with Crippen molar-refractivity contribution in [1.29, 1.82) is 0 Å². The van der Waals surface area contributed by atoms with Crippen LogP contribution >= 0.6 is 0 Å². The summed E-state index contributed by atoms with van der Waals surface area (Å²) >= 11 is 0. The van der Waals surface area contributed by atoms with E-state index in [1.807, 2.05) is 18.7 Å². The number of amides is 1. The molecule has 3 nitrogen and oxygen atoms in total. The first kappa shape index (κ1) is 9.97. The highest BCUT2D eigenvalue weighted by molar-refractivity contribution is 5.79. The highest BCUT2D eigenvalue weighted by Gasteiger charge is 2.41. The smallest absolute Gasteiger partial charge is 0.223 e. The fourth-order valence-electron chi connectivity index (χ4n) is 2.31. The van der Waals surface area contributed by atoms with Crippen molar-refractivity contribution in [2.75, 3.05) is 6.54 Å². The molecule has 0 spiro atoms. The number of aliphatic hydroxyl groups is 1. The molecule has 0 aromatic carbocycles. The molecule has 1 N–H and O–H groups in total. The van der Waals surface area contributed by atoms with E-state index in [0.717, 1.165) is 19.4 Å². The summed E-state index contributed by atoms with van der Waals surface area (Å²) < 4.78 is 0. The van der Waals surface area contributed by atoms with Crippen molar-refractivity contribution >= 4 is 5.91 Å². The number of carbonyl (C=O) groups is 1. The van der Waals surface area contributed by atoms with Crippen LogP contribution in [0.2, 0.25) is 0 Å². The molecule has 1 saturated heterocycles. The summed E-state index contributed by atoms with van der Waals surface area (Å²) in [6.07, 6.45) is 2.61. The topological polar surface area (TPSA) is 40.5 Å². The van der Waals surface area contributed by atoms with Crippen LogP contribution in [0.15, 0.2) is 0 Å². The van der Waals surface area contributed by atoms with Crippen molar-refractivity contribution in [3.63, 3.8) is 0 Å². The number of carbonyl (C=O) groups excluding carboxylic acids is 1. The highest BCUT2D eigenvalue weighted by Crippen LogP contribution is 2.38. The maximum Gasteiger partial charge on any atom is 0.223 e. The van der Waals surface area contributed by atoms with Gasteiger partial charge >= 0.3 is 0 Å². The van der Waals surface area contributed by atoms with E-state index in [4.69, 9.17) is 0 Å². The van der Waals surface area contributed by atoms with Crippen LogP contribution in [0.5, 0.6) is 0 Å². The molecule has 2 fully saturated rings. The Morgan fingerprint density at radius 1 is 1.36 bits per heavy atom. The molecule has 1 saturated carbocycles. The minimum absolute atomic E-state index is 0.192. The molecule has 1 aliphatic heterocycles. The van der Waals surface area contributed by atoms with Gasteiger partial charge in [-0.15, -0.1) is 0 Å². The maximum atomic E-state index is 11.6. The minimum Gasteiger partial charge on any atom is -0.392 e. The summed E-state index contributed by atoms with van der Waals surface area (Å²) in [7, 11) is 0. The molecular weight excluding hydrogens is 178 g/mol. The average molecular weight is 197 g/mol. The van der Waals surface area contributed by atoms with Crippen molar-refractivity contribution < 1.29 is 9.90 Å². The molecule has 0 aromatic rings. The second-order valence-electron chi connectivity index (χ2n) is 4.93. The van der Waals surface area contributed by atoms with Crippen LogP contribution in [0.25, 0.3) is 0 Å². The molecule has 2 atom stereocenters. The SMILES string of the molecule is CC(C)N1CC(C(O)C2CC2)CC1=O. The number of hydrogen-bond donors (Lipinski definition) is 1. The first-order valence-corrected chi connectivity index (χ1v) is 5.57. The lowest BCUT2D eigenvalue weighted by molar-refractivity contribution is -0.129. The number of rotatable bonds is 3. The normalized spacial score (nSPS) is 30.1. The van der Waals surface area contributed by atoms with Crippen molar-refractivity contribution in [1.82, 2.24) is 4.90 Å². The lowest BCUT2D eigenvalue weighted by Crippen LogP contribution is -2.33. The Kier molecular flexibility index (Phi) is 2.52. The summed E-state index contributed by atoms with van der Waals surface area (Å²) in [5.41, 5.74) is 0. The Balaban J connectivity index is 1.94. The summed E-state index contributed by atoms with van der Waals surface area (Å²) in [5, 5.41) is 9.93. The fourth-order valence-corrected chi connectivity index (χ4v) is 2.31. The van der Waals surface area contributed by atoms with Gasteiger partial charge in [0.15, 0.2) is 0 Å². The van der Waals surface area contributed by atoms with Crippen LogP contribution in [-0.2, 0) is 4.79 Å².